The highest BCUT2D eigenvalue weighted by atomic mass is 16.1. The molecule has 1 atom stereocenters. The van der Waals surface area contributed by atoms with Gasteiger partial charge in [-0.1, -0.05) is 109 Å². The van der Waals surface area contributed by atoms with E-state index in [9.17, 15) is 9.59 Å². The number of ketones is 2. The fraction of sp³-hybridized carbons (Fsp3) is 0.212. The number of nitrogens with one attached hydrogen (secondary N) is 1. The number of rotatable bonds is 11. The van der Waals surface area contributed by atoms with Crippen LogP contribution in [0.4, 0.5) is 0 Å². The van der Waals surface area contributed by atoms with E-state index in [1.807, 2.05) is 92.0 Å². The Morgan fingerprint density at radius 1 is 0.649 bits per heavy atom. The second kappa shape index (κ2) is 11.9. The zero-order valence-electron chi connectivity index (χ0n) is 21.9. The number of quaternary nitrogens is 1. The molecule has 4 heteroatoms. The molecule has 0 aromatic heterocycles. The lowest BCUT2D eigenvalue weighted by Gasteiger charge is -2.31. The Kier molecular flexibility index (Phi) is 8.44. The molecule has 0 aliphatic heterocycles. The van der Waals surface area contributed by atoms with Gasteiger partial charge in [-0.05, 0) is 12.6 Å². The maximum absolute atomic E-state index is 12.7. The molecule has 0 heterocycles. The van der Waals surface area contributed by atoms with Gasteiger partial charge in [-0.25, -0.2) is 0 Å². The third-order valence-corrected chi connectivity index (χ3v) is 6.85. The largest absolute Gasteiger partial charge is 0.325 e. The molecule has 0 bridgehead atoms. The Bertz CT molecular complexity index is 1310. The Morgan fingerprint density at radius 2 is 1.08 bits per heavy atom. The van der Waals surface area contributed by atoms with E-state index >= 15 is 0 Å². The van der Waals surface area contributed by atoms with Crippen molar-refractivity contribution < 1.29 is 14.1 Å². The van der Waals surface area contributed by atoms with Crippen molar-refractivity contribution in [2.45, 2.75) is 19.0 Å². The maximum atomic E-state index is 12.7. The summed E-state index contributed by atoms with van der Waals surface area (Å²) in [6.07, 6.45) is 0.958. The molecule has 4 rings (SSSR count). The first-order valence-electron chi connectivity index (χ1n) is 12.7. The van der Waals surface area contributed by atoms with E-state index in [2.05, 4.69) is 43.7 Å². The van der Waals surface area contributed by atoms with Crippen LogP contribution in [0.3, 0.4) is 0 Å². The molecular formula is C33H35N2O2+. The summed E-state index contributed by atoms with van der Waals surface area (Å²) in [6, 6.07) is 34.9. The predicted octanol–water partition coefficient (Wildman–Crippen LogP) is 6.08. The van der Waals surface area contributed by atoms with Crippen LogP contribution >= 0.6 is 0 Å². The number of nitrogens with zero attached hydrogens (tertiary/aromatic N) is 1. The van der Waals surface area contributed by atoms with E-state index in [0.29, 0.717) is 22.3 Å². The molecule has 37 heavy (non-hydrogen) atoms. The van der Waals surface area contributed by atoms with Gasteiger partial charge in [-0.15, -0.1) is 0 Å². The lowest BCUT2D eigenvalue weighted by atomic mass is 9.98. The van der Waals surface area contributed by atoms with E-state index in [0.717, 1.165) is 24.0 Å². The Hall–Kier alpha value is -3.86. The van der Waals surface area contributed by atoms with Crippen LogP contribution in [-0.2, 0) is 6.54 Å². The van der Waals surface area contributed by atoms with Gasteiger partial charge in [-0.3, -0.25) is 9.59 Å². The first kappa shape index (κ1) is 26.2. The van der Waals surface area contributed by atoms with Crippen LogP contribution in [0.2, 0.25) is 0 Å². The molecule has 0 amide bonds. The van der Waals surface area contributed by atoms with E-state index in [1.54, 1.807) is 0 Å². The van der Waals surface area contributed by atoms with Gasteiger partial charge in [0.05, 0.1) is 20.6 Å². The predicted molar refractivity (Wildman–Crippen MR) is 150 cm³/mol. The van der Waals surface area contributed by atoms with Crippen molar-refractivity contribution in [3.8, 4) is 0 Å². The average molecular weight is 492 g/mol. The molecule has 1 N–H and O–H groups in total. The summed E-state index contributed by atoms with van der Waals surface area (Å²) in [6.45, 7) is 1.85. The number of carbonyl (C=O) groups is 2. The quantitative estimate of drug-likeness (QED) is 0.204. The van der Waals surface area contributed by atoms with Crippen LogP contribution in [-0.4, -0.2) is 43.7 Å². The highest BCUT2D eigenvalue weighted by Gasteiger charge is 2.20. The summed E-state index contributed by atoms with van der Waals surface area (Å²) in [5, 5.41) is 3.44. The van der Waals surface area contributed by atoms with E-state index in [1.165, 1.54) is 11.1 Å². The summed E-state index contributed by atoms with van der Waals surface area (Å²) in [5.74, 6) is 0.0942. The highest BCUT2D eigenvalue weighted by molar-refractivity contribution is 6.09. The average Bonchev–Trinajstić information content (AvgIpc) is 2.94. The minimum Gasteiger partial charge on any atom is -0.325 e. The molecular weight excluding hydrogens is 456 g/mol. The van der Waals surface area contributed by atoms with E-state index in [-0.39, 0.29) is 17.6 Å². The highest BCUT2D eigenvalue weighted by Crippen LogP contribution is 2.21. The molecule has 4 aromatic rings. The maximum Gasteiger partial charge on any atom is 0.193 e. The Labute approximate surface area is 220 Å². The van der Waals surface area contributed by atoms with Gasteiger partial charge in [0, 0.05) is 40.3 Å². The van der Waals surface area contributed by atoms with Crippen LogP contribution in [0.5, 0.6) is 0 Å². The zero-order chi connectivity index (χ0) is 26.3. The van der Waals surface area contributed by atoms with Crippen molar-refractivity contribution in [1.82, 2.24) is 5.32 Å². The minimum atomic E-state index is 0.0439. The third kappa shape index (κ3) is 6.88. The summed E-state index contributed by atoms with van der Waals surface area (Å²) in [5.41, 5.74) is 5.22. The topological polar surface area (TPSA) is 46.2 Å². The first-order valence-corrected chi connectivity index (χ1v) is 12.7. The van der Waals surface area contributed by atoms with Gasteiger partial charge in [0.1, 0.15) is 6.54 Å². The van der Waals surface area contributed by atoms with Gasteiger partial charge in [0.2, 0.25) is 0 Å². The van der Waals surface area contributed by atoms with E-state index < -0.39 is 0 Å². The molecule has 0 aliphatic carbocycles. The third-order valence-electron chi connectivity index (χ3n) is 6.85. The van der Waals surface area contributed by atoms with E-state index in [4.69, 9.17) is 0 Å². The van der Waals surface area contributed by atoms with Crippen molar-refractivity contribution in [2.75, 3.05) is 27.7 Å². The van der Waals surface area contributed by atoms with Crippen LogP contribution in [0.1, 0.15) is 55.4 Å². The molecule has 4 aromatic carbocycles. The zero-order valence-corrected chi connectivity index (χ0v) is 21.9. The van der Waals surface area contributed by atoms with Gasteiger partial charge in [0.25, 0.3) is 0 Å². The number of hydrogen-bond donors (Lipinski definition) is 1. The van der Waals surface area contributed by atoms with Crippen LogP contribution in [0.25, 0.3) is 0 Å². The number of benzene rings is 4. The molecule has 0 spiro atoms. The first-order chi connectivity index (χ1) is 17.9. The smallest absolute Gasteiger partial charge is 0.193 e. The second-order valence-electron chi connectivity index (χ2n) is 10.2. The van der Waals surface area contributed by atoms with Gasteiger partial charge >= 0.3 is 0 Å². The summed E-state index contributed by atoms with van der Waals surface area (Å²) in [4.78, 5) is 25.4. The van der Waals surface area contributed by atoms with Crippen molar-refractivity contribution in [3.63, 3.8) is 0 Å². The SMILES string of the molecule is CNC(CC[N+](C)(C)Cc1ccc(C(=O)c2ccccc2)cc1)c1ccc(C(=O)c2ccccc2)cc1. The Balaban J connectivity index is 1.35. The molecule has 0 aliphatic rings. The standard InChI is InChI=1S/C33H35N2O2/c1-34-31(26-18-20-30(21-19-26)33(37)28-12-8-5-9-13-28)22-23-35(2,3)24-25-14-16-29(17-15-25)32(36)27-10-6-4-7-11-27/h4-21,31,34H,22-24H2,1-3H3/q+1. The van der Waals surface area contributed by atoms with Crippen molar-refractivity contribution in [1.29, 1.82) is 0 Å². The Morgan fingerprint density at radius 3 is 1.54 bits per heavy atom. The van der Waals surface area contributed by atoms with Crippen molar-refractivity contribution >= 4 is 11.6 Å². The summed E-state index contributed by atoms with van der Waals surface area (Å²) in [7, 11) is 6.45. The molecule has 188 valence electrons. The summed E-state index contributed by atoms with van der Waals surface area (Å²) >= 11 is 0. The normalized spacial score (nSPS) is 12.2. The monoisotopic (exact) mass is 491 g/mol. The molecule has 0 saturated carbocycles. The van der Waals surface area contributed by atoms with Gasteiger partial charge < -0.3 is 9.80 Å². The fourth-order valence-electron chi connectivity index (χ4n) is 4.67. The van der Waals surface area contributed by atoms with Gasteiger partial charge in [0.15, 0.2) is 11.6 Å². The van der Waals surface area contributed by atoms with Crippen LogP contribution in [0, 0.1) is 0 Å². The van der Waals surface area contributed by atoms with Crippen molar-refractivity contribution in [3.05, 3.63) is 143 Å². The lowest BCUT2D eigenvalue weighted by molar-refractivity contribution is -0.904. The van der Waals surface area contributed by atoms with Crippen LogP contribution in [0.15, 0.2) is 109 Å². The fourth-order valence-corrected chi connectivity index (χ4v) is 4.67. The van der Waals surface area contributed by atoms with Crippen LogP contribution < -0.4 is 5.32 Å². The molecule has 0 radical (unpaired) electrons. The van der Waals surface area contributed by atoms with Crippen molar-refractivity contribution in [2.24, 2.45) is 0 Å². The minimum absolute atomic E-state index is 0.0439. The second-order valence-corrected chi connectivity index (χ2v) is 10.2. The molecule has 4 nitrogen and oxygen atoms in total. The number of hydrogen-bond acceptors (Lipinski definition) is 3. The summed E-state index contributed by atoms with van der Waals surface area (Å²) < 4.78 is 0.828. The lowest BCUT2D eigenvalue weighted by Crippen LogP contribution is -2.41. The number of carbonyl (C=O) groups excluding carboxylic acids is 2. The molecule has 0 saturated heterocycles. The molecule has 0 fully saturated rings. The van der Waals surface area contributed by atoms with Gasteiger partial charge in [-0.2, -0.15) is 0 Å². The molecule has 1 unspecified atom stereocenters.